The van der Waals surface area contributed by atoms with Crippen molar-refractivity contribution in [3.8, 4) is 0 Å². The summed E-state index contributed by atoms with van der Waals surface area (Å²) in [6.45, 7) is 0. The second-order valence-electron chi connectivity index (χ2n) is 3.97. The summed E-state index contributed by atoms with van der Waals surface area (Å²) in [6.07, 6.45) is 1.83. The number of aryl methyl sites for hydroxylation is 2. The maximum absolute atomic E-state index is 6.22. The van der Waals surface area contributed by atoms with Crippen molar-refractivity contribution in [2.75, 3.05) is 0 Å². The Balaban J connectivity index is 2.11. The average molecular weight is 503 g/mol. The molecule has 0 aliphatic carbocycles. The van der Waals surface area contributed by atoms with Gasteiger partial charge < -0.3 is 0 Å². The largest absolute Gasteiger partial charge is 0.0840 e. The van der Waals surface area contributed by atoms with E-state index in [2.05, 4.69) is 69.4 Å². The Morgan fingerprint density at radius 1 is 0.722 bits per heavy atom. The molecule has 4 heteroatoms. The van der Waals surface area contributed by atoms with Crippen molar-refractivity contribution in [2.45, 2.75) is 12.8 Å². The molecule has 0 nitrogen and oxygen atoms in total. The van der Waals surface area contributed by atoms with E-state index in [1.54, 1.807) is 0 Å². The molecule has 0 saturated carbocycles. The van der Waals surface area contributed by atoms with E-state index in [0.29, 0.717) is 0 Å². The molecule has 18 heavy (non-hydrogen) atoms. The van der Waals surface area contributed by atoms with Crippen LogP contribution in [0.1, 0.15) is 11.1 Å². The Morgan fingerprint density at radius 3 is 1.44 bits per heavy atom. The Morgan fingerprint density at radius 2 is 1.11 bits per heavy atom. The van der Waals surface area contributed by atoms with Crippen molar-refractivity contribution >= 4 is 68.4 Å². The van der Waals surface area contributed by atoms with Gasteiger partial charge in [-0.15, -0.1) is 0 Å². The predicted molar refractivity (Wildman–Crippen MR) is 95.7 cm³/mol. The van der Waals surface area contributed by atoms with Gasteiger partial charge in [-0.25, -0.2) is 0 Å². The molecule has 0 amide bonds. The van der Waals surface area contributed by atoms with Crippen LogP contribution < -0.4 is 0 Å². The first-order chi connectivity index (χ1) is 8.56. The number of halogens is 4. The smallest absolute Gasteiger partial charge is 0.0448 e. The average Bonchev–Trinajstić information content (AvgIpc) is 2.30. The van der Waals surface area contributed by atoms with Gasteiger partial charge in [0.2, 0.25) is 0 Å². The summed E-state index contributed by atoms with van der Waals surface area (Å²) in [5.74, 6) is 0. The van der Waals surface area contributed by atoms with E-state index in [-0.39, 0.29) is 0 Å². The topological polar surface area (TPSA) is 0 Å². The summed E-state index contributed by atoms with van der Waals surface area (Å²) < 4.78 is 2.32. The maximum Gasteiger partial charge on any atom is 0.0448 e. The van der Waals surface area contributed by atoms with E-state index >= 15 is 0 Å². The molecule has 2 aromatic carbocycles. The van der Waals surface area contributed by atoms with Gasteiger partial charge in [0.1, 0.15) is 0 Å². The van der Waals surface area contributed by atoms with Crippen molar-refractivity contribution in [1.82, 2.24) is 0 Å². The molecule has 0 atom stereocenters. The zero-order valence-corrected chi connectivity index (χ0v) is 15.2. The van der Waals surface area contributed by atoms with Crippen LogP contribution >= 0.6 is 68.4 Å². The third-order valence-corrected chi connectivity index (χ3v) is 4.74. The highest BCUT2D eigenvalue weighted by Crippen LogP contribution is 2.24. The molecule has 0 bridgehead atoms. The van der Waals surface area contributed by atoms with E-state index < -0.39 is 0 Å². The lowest BCUT2D eigenvalue weighted by Gasteiger charge is -2.07. The fourth-order valence-electron chi connectivity index (χ4n) is 1.72. The van der Waals surface area contributed by atoms with Crippen molar-refractivity contribution in [1.29, 1.82) is 0 Å². The molecule has 0 unspecified atom stereocenters. The Bertz CT molecular complexity index is 516. The fourth-order valence-corrected chi connectivity index (χ4v) is 3.62. The first kappa shape index (κ1) is 14.9. The first-order valence-electron chi connectivity index (χ1n) is 5.44. The van der Waals surface area contributed by atoms with Crippen LogP contribution in [-0.2, 0) is 12.8 Å². The molecular formula is C14H10Cl2I2. The van der Waals surface area contributed by atoms with Crippen molar-refractivity contribution in [3.05, 3.63) is 64.7 Å². The van der Waals surface area contributed by atoms with Crippen LogP contribution in [0.3, 0.4) is 0 Å². The van der Waals surface area contributed by atoms with E-state index in [9.17, 15) is 0 Å². The van der Waals surface area contributed by atoms with Crippen molar-refractivity contribution in [3.63, 3.8) is 0 Å². The summed E-state index contributed by atoms with van der Waals surface area (Å²) in [7, 11) is 0. The Hall–Kier alpha value is 0.480. The SMILES string of the molecule is Clc1cc(I)ccc1CCc1ccc(I)cc1Cl. The molecule has 0 heterocycles. The van der Waals surface area contributed by atoms with Gasteiger partial charge in [-0.3, -0.25) is 0 Å². The van der Waals surface area contributed by atoms with E-state index in [1.165, 1.54) is 11.1 Å². The van der Waals surface area contributed by atoms with Crippen LogP contribution in [0.2, 0.25) is 10.0 Å². The van der Waals surface area contributed by atoms with Crippen LogP contribution in [0.15, 0.2) is 36.4 Å². The Kier molecular flexibility index (Phi) is 5.60. The molecule has 0 saturated heterocycles. The third kappa shape index (κ3) is 3.99. The van der Waals surface area contributed by atoms with Gasteiger partial charge in [-0.1, -0.05) is 35.3 Å². The molecule has 0 N–H and O–H groups in total. The number of hydrogen-bond acceptors (Lipinski definition) is 0. The van der Waals surface area contributed by atoms with E-state index in [1.807, 2.05) is 12.1 Å². The van der Waals surface area contributed by atoms with Gasteiger partial charge in [-0.05, 0) is 93.4 Å². The quantitative estimate of drug-likeness (QED) is 0.452. The van der Waals surface area contributed by atoms with Gasteiger partial charge in [0.25, 0.3) is 0 Å². The van der Waals surface area contributed by atoms with Crippen LogP contribution in [0, 0.1) is 7.14 Å². The first-order valence-corrected chi connectivity index (χ1v) is 8.35. The normalized spacial score (nSPS) is 10.7. The molecule has 0 fully saturated rings. The minimum Gasteiger partial charge on any atom is -0.0840 e. The van der Waals surface area contributed by atoms with Gasteiger partial charge >= 0.3 is 0 Å². The second kappa shape index (κ2) is 6.77. The number of hydrogen-bond donors (Lipinski definition) is 0. The highest BCUT2D eigenvalue weighted by Gasteiger charge is 2.05. The van der Waals surface area contributed by atoms with Gasteiger partial charge in [0.15, 0.2) is 0 Å². The molecule has 2 rings (SSSR count). The minimum absolute atomic E-state index is 0.837. The van der Waals surface area contributed by atoms with Crippen molar-refractivity contribution < 1.29 is 0 Å². The van der Waals surface area contributed by atoms with Crippen LogP contribution in [0.4, 0.5) is 0 Å². The van der Waals surface area contributed by atoms with Crippen LogP contribution in [-0.4, -0.2) is 0 Å². The van der Waals surface area contributed by atoms with Crippen LogP contribution in [0.5, 0.6) is 0 Å². The molecule has 2 aromatic rings. The summed E-state index contributed by atoms with van der Waals surface area (Å²) >= 11 is 17.0. The molecular weight excluding hydrogens is 493 g/mol. The number of rotatable bonds is 3. The molecule has 0 aliphatic rings. The highest BCUT2D eigenvalue weighted by atomic mass is 127. The van der Waals surface area contributed by atoms with E-state index in [0.717, 1.165) is 30.0 Å². The lowest BCUT2D eigenvalue weighted by Crippen LogP contribution is -1.94. The third-order valence-electron chi connectivity index (χ3n) is 2.69. The van der Waals surface area contributed by atoms with Crippen molar-refractivity contribution in [2.24, 2.45) is 0 Å². The monoisotopic (exact) mass is 502 g/mol. The molecule has 0 spiro atoms. The standard InChI is InChI=1S/C14H10Cl2I2/c15-13-7-11(17)5-3-9(13)1-2-10-4-6-12(18)8-14(10)16/h3-8H,1-2H2. The highest BCUT2D eigenvalue weighted by molar-refractivity contribution is 14.1. The lowest BCUT2D eigenvalue weighted by molar-refractivity contribution is 0.959. The predicted octanol–water partition coefficient (Wildman–Crippen LogP) is 5.99. The zero-order chi connectivity index (χ0) is 13.1. The minimum atomic E-state index is 0.837. The molecule has 94 valence electrons. The Labute approximate surface area is 144 Å². The summed E-state index contributed by atoms with van der Waals surface area (Å²) in [4.78, 5) is 0. The van der Waals surface area contributed by atoms with E-state index in [4.69, 9.17) is 23.2 Å². The lowest BCUT2D eigenvalue weighted by atomic mass is 10.0. The zero-order valence-electron chi connectivity index (χ0n) is 9.39. The fraction of sp³-hybridized carbons (Fsp3) is 0.143. The van der Waals surface area contributed by atoms with Gasteiger partial charge in [-0.2, -0.15) is 0 Å². The summed E-state index contributed by atoms with van der Waals surface area (Å²) in [5.41, 5.74) is 2.35. The van der Waals surface area contributed by atoms with Crippen LogP contribution in [0.25, 0.3) is 0 Å². The molecule has 0 radical (unpaired) electrons. The van der Waals surface area contributed by atoms with Gasteiger partial charge in [0.05, 0.1) is 0 Å². The number of benzene rings is 2. The maximum atomic E-state index is 6.22. The molecule has 0 aliphatic heterocycles. The summed E-state index contributed by atoms with van der Waals surface area (Å²) in [6, 6.07) is 12.3. The summed E-state index contributed by atoms with van der Waals surface area (Å²) in [5, 5.41) is 1.67. The molecule has 0 aromatic heterocycles. The second-order valence-corrected chi connectivity index (χ2v) is 7.28. The van der Waals surface area contributed by atoms with Gasteiger partial charge in [0, 0.05) is 17.2 Å².